The van der Waals surface area contributed by atoms with Gasteiger partial charge in [-0.15, -0.1) is 5.06 Å². The summed E-state index contributed by atoms with van der Waals surface area (Å²) in [6, 6.07) is 5.60. The molecular formula is C13H19Cl2NO. The minimum atomic E-state index is 0.363. The normalized spacial score (nSPS) is 12.8. The number of hydrogen-bond acceptors (Lipinski definition) is 2. The lowest BCUT2D eigenvalue weighted by molar-refractivity contribution is -0.0675. The molecule has 0 saturated carbocycles. The number of hydrogen-bond donors (Lipinski definition) is 0. The first kappa shape index (κ1) is 14.6. The first-order valence-corrected chi connectivity index (χ1v) is 6.66. The van der Waals surface area contributed by atoms with E-state index in [4.69, 9.17) is 28.0 Å². The maximum atomic E-state index is 6.05. The van der Waals surface area contributed by atoms with Crippen LogP contribution in [0, 0.1) is 0 Å². The third-order valence-corrected chi connectivity index (χ3v) is 3.26. The maximum Gasteiger partial charge on any atom is 0.166 e. The average Bonchev–Trinajstić information content (AvgIpc) is 2.29. The highest BCUT2D eigenvalue weighted by molar-refractivity contribution is 6.35. The van der Waals surface area contributed by atoms with Crippen molar-refractivity contribution in [1.29, 1.82) is 0 Å². The predicted molar refractivity (Wildman–Crippen MR) is 73.8 cm³/mol. The third-order valence-electron chi connectivity index (χ3n) is 2.73. The molecule has 0 N–H and O–H groups in total. The molecule has 0 bridgehead atoms. The van der Waals surface area contributed by atoms with Crippen molar-refractivity contribution in [3.8, 4) is 5.75 Å². The molecule has 1 aromatic carbocycles. The molecule has 4 heteroatoms. The van der Waals surface area contributed by atoms with Crippen molar-refractivity contribution in [3.63, 3.8) is 0 Å². The van der Waals surface area contributed by atoms with E-state index in [0.717, 1.165) is 6.42 Å². The minimum absolute atomic E-state index is 0.363. The standard InChI is InChI=1S/C13H19Cl2NO/c1-4-5-6-10(2)16(3)17-13-8-7-11(14)9-12(13)15/h7-10H,4-6H2,1-3H3. The Morgan fingerprint density at radius 2 is 2.06 bits per heavy atom. The molecule has 1 rings (SSSR count). The van der Waals surface area contributed by atoms with Crippen molar-refractivity contribution in [2.24, 2.45) is 0 Å². The molecule has 96 valence electrons. The quantitative estimate of drug-likeness (QED) is 0.692. The highest BCUT2D eigenvalue weighted by atomic mass is 35.5. The first-order chi connectivity index (χ1) is 8.04. The summed E-state index contributed by atoms with van der Waals surface area (Å²) in [5, 5.41) is 2.99. The Labute approximate surface area is 113 Å². The summed E-state index contributed by atoms with van der Waals surface area (Å²) in [4.78, 5) is 5.70. The van der Waals surface area contributed by atoms with E-state index in [0.29, 0.717) is 21.8 Å². The Hall–Kier alpha value is -0.440. The molecule has 0 fully saturated rings. The highest BCUT2D eigenvalue weighted by Crippen LogP contribution is 2.28. The summed E-state index contributed by atoms with van der Waals surface area (Å²) < 4.78 is 0. The predicted octanol–water partition coefficient (Wildman–Crippen LogP) is 4.80. The summed E-state index contributed by atoms with van der Waals surface area (Å²) in [6.45, 7) is 4.32. The van der Waals surface area contributed by atoms with Crippen molar-refractivity contribution < 1.29 is 4.84 Å². The molecule has 1 atom stereocenters. The van der Waals surface area contributed by atoms with Crippen molar-refractivity contribution in [1.82, 2.24) is 5.06 Å². The fraction of sp³-hybridized carbons (Fsp3) is 0.538. The lowest BCUT2D eigenvalue weighted by Crippen LogP contribution is -2.32. The molecule has 0 radical (unpaired) electrons. The van der Waals surface area contributed by atoms with E-state index in [2.05, 4.69) is 13.8 Å². The van der Waals surface area contributed by atoms with E-state index in [9.17, 15) is 0 Å². The van der Waals surface area contributed by atoms with Gasteiger partial charge in [-0.05, 0) is 31.5 Å². The number of benzene rings is 1. The largest absolute Gasteiger partial charge is 0.404 e. The van der Waals surface area contributed by atoms with Gasteiger partial charge in [-0.3, -0.25) is 0 Å². The number of hydroxylamine groups is 2. The summed E-state index contributed by atoms with van der Waals surface area (Å²) in [5.74, 6) is 0.641. The van der Waals surface area contributed by atoms with Gasteiger partial charge in [-0.25, -0.2) is 0 Å². The van der Waals surface area contributed by atoms with Gasteiger partial charge in [0.05, 0.1) is 5.02 Å². The van der Waals surface area contributed by atoms with Gasteiger partial charge in [-0.2, -0.15) is 0 Å². The van der Waals surface area contributed by atoms with Gasteiger partial charge >= 0.3 is 0 Å². The van der Waals surface area contributed by atoms with Crippen LogP contribution in [0.5, 0.6) is 5.75 Å². The Balaban J connectivity index is 2.58. The highest BCUT2D eigenvalue weighted by Gasteiger charge is 2.12. The molecule has 0 amide bonds. The van der Waals surface area contributed by atoms with Crippen molar-refractivity contribution in [2.45, 2.75) is 39.2 Å². The van der Waals surface area contributed by atoms with Crippen LogP contribution in [-0.2, 0) is 0 Å². The van der Waals surface area contributed by atoms with Crippen LogP contribution in [0.3, 0.4) is 0 Å². The van der Waals surface area contributed by atoms with Gasteiger partial charge in [0.25, 0.3) is 0 Å². The van der Waals surface area contributed by atoms with Crippen LogP contribution < -0.4 is 4.84 Å². The Bertz CT molecular complexity index is 357. The molecule has 0 heterocycles. The fourth-order valence-corrected chi connectivity index (χ4v) is 1.92. The van der Waals surface area contributed by atoms with Crippen LogP contribution in [0.15, 0.2) is 18.2 Å². The third kappa shape index (κ3) is 4.74. The lowest BCUT2D eigenvalue weighted by Gasteiger charge is -2.24. The molecule has 17 heavy (non-hydrogen) atoms. The van der Waals surface area contributed by atoms with Gasteiger partial charge in [0.2, 0.25) is 0 Å². The summed E-state index contributed by atoms with van der Waals surface area (Å²) >= 11 is 11.9. The zero-order valence-electron chi connectivity index (χ0n) is 10.5. The van der Waals surface area contributed by atoms with Gasteiger partial charge in [0.1, 0.15) is 0 Å². The van der Waals surface area contributed by atoms with E-state index < -0.39 is 0 Å². The zero-order chi connectivity index (χ0) is 12.8. The molecule has 0 aliphatic rings. The second-order valence-electron chi connectivity index (χ2n) is 4.20. The molecule has 0 aliphatic heterocycles. The smallest absolute Gasteiger partial charge is 0.166 e. The molecule has 0 spiro atoms. The van der Waals surface area contributed by atoms with Crippen LogP contribution in [0.1, 0.15) is 33.1 Å². The van der Waals surface area contributed by atoms with Crippen LogP contribution >= 0.6 is 23.2 Å². The van der Waals surface area contributed by atoms with Crippen LogP contribution in [-0.4, -0.2) is 18.2 Å². The second-order valence-corrected chi connectivity index (χ2v) is 5.05. The molecule has 1 aromatic rings. The Kier molecular flexibility index (Phi) is 6.10. The molecule has 1 unspecified atom stereocenters. The van der Waals surface area contributed by atoms with E-state index in [1.54, 1.807) is 18.2 Å². The summed E-state index contributed by atoms with van der Waals surface area (Å²) in [7, 11) is 1.92. The first-order valence-electron chi connectivity index (χ1n) is 5.90. The van der Waals surface area contributed by atoms with E-state index in [-0.39, 0.29) is 0 Å². The second kappa shape index (κ2) is 7.10. The number of nitrogens with zero attached hydrogens (tertiary/aromatic N) is 1. The van der Waals surface area contributed by atoms with Crippen molar-refractivity contribution >= 4 is 23.2 Å². The van der Waals surface area contributed by atoms with Gasteiger partial charge in [0.15, 0.2) is 5.75 Å². The number of rotatable bonds is 6. The van der Waals surface area contributed by atoms with E-state index in [1.807, 2.05) is 12.1 Å². The van der Waals surface area contributed by atoms with Crippen LogP contribution in [0.4, 0.5) is 0 Å². The molecule has 0 aliphatic carbocycles. The van der Waals surface area contributed by atoms with Gasteiger partial charge < -0.3 is 4.84 Å². The van der Waals surface area contributed by atoms with Crippen molar-refractivity contribution in [2.75, 3.05) is 7.05 Å². The SMILES string of the molecule is CCCCC(C)N(C)Oc1ccc(Cl)cc1Cl. The molecule has 2 nitrogen and oxygen atoms in total. The lowest BCUT2D eigenvalue weighted by atomic mass is 10.1. The topological polar surface area (TPSA) is 12.5 Å². The summed E-state index contributed by atoms with van der Waals surface area (Å²) in [6.07, 6.45) is 3.50. The minimum Gasteiger partial charge on any atom is -0.404 e. The summed E-state index contributed by atoms with van der Waals surface area (Å²) in [5.41, 5.74) is 0. The van der Waals surface area contributed by atoms with Crippen molar-refractivity contribution in [3.05, 3.63) is 28.2 Å². The fourth-order valence-electron chi connectivity index (χ4n) is 1.48. The van der Waals surface area contributed by atoms with Gasteiger partial charge in [0, 0.05) is 18.1 Å². The van der Waals surface area contributed by atoms with Crippen LogP contribution in [0.2, 0.25) is 10.0 Å². The number of unbranched alkanes of at least 4 members (excludes halogenated alkanes) is 1. The molecule has 0 aromatic heterocycles. The zero-order valence-corrected chi connectivity index (χ0v) is 12.1. The Morgan fingerprint density at radius 3 is 2.65 bits per heavy atom. The molecule has 0 saturated heterocycles. The van der Waals surface area contributed by atoms with Crippen LogP contribution in [0.25, 0.3) is 0 Å². The average molecular weight is 276 g/mol. The molecular weight excluding hydrogens is 257 g/mol. The maximum absolute atomic E-state index is 6.05. The van der Waals surface area contributed by atoms with E-state index >= 15 is 0 Å². The van der Waals surface area contributed by atoms with E-state index in [1.165, 1.54) is 12.8 Å². The Morgan fingerprint density at radius 1 is 1.35 bits per heavy atom. The van der Waals surface area contributed by atoms with Gasteiger partial charge in [-0.1, -0.05) is 43.0 Å². The monoisotopic (exact) mass is 275 g/mol. The number of halogens is 2.